The van der Waals surface area contributed by atoms with Crippen LogP contribution in [0.2, 0.25) is 0 Å². The van der Waals surface area contributed by atoms with Gasteiger partial charge < -0.3 is 10.2 Å². The third kappa shape index (κ3) is 11.1. The summed E-state index contributed by atoms with van der Waals surface area (Å²) < 4.78 is 55.9. The van der Waals surface area contributed by atoms with Crippen LogP contribution < -0.4 is 0 Å². The number of aromatic carboxylic acids is 2. The first kappa shape index (κ1) is 42.7. The molecule has 0 aromatic heterocycles. The zero-order valence-corrected chi connectivity index (χ0v) is 32.8. The average Bonchev–Trinajstić information content (AvgIpc) is 3.19. The lowest BCUT2D eigenvalue weighted by Crippen LogP contribution is -2.16. The van der Waals surface area contributed by atoms with Crippen LogP contribution in [-0.2, 0) is 0 Å². The summed E-state index contributed by atoms with van der Waals surface area (Å²) in [6, 6.07) is 17.4. The lowest BCUT2D eigenvalue weighted by Gasteiger charge is -2.30. The normalized spacial score (nSPS) is 19.5. The van der Waals surface area contributed by atoms with Crippen molar-refractivity contribution in [3.8, 4) is 22.3 Å². The second-order valence-corrected chi connectivity index (χ2v) is 15.8. The molecule has 0 bridgehead atoms. The molecule has 2 aliphatic rings. The van der Waals surface area contributed by atoms with Crippen molar-refractivity contribution in [2.75, 3.05) is 0 Å². The van der Waals surface area contributed by atoms with Crippen molar-refractivity contribution in [3.63, 3.8) is 0 Å². The van der Waals surface area contributed by atoms with Crippen molar-refractivity contribution in [1.82, 2.24) is 0 Å². The van der Waals surface area contributed by atoms with E-state index in [9.17, 15) is 33.0 Å². The number of hydrogen-bond donors (Lipinski definition) is 2. The van der Waals surface area contributed by atoms with Crippen LogP contribution in [0, 0.1) is 35.1 Å². The Labute approximate surface area is 329 Å². The maximum Gasteiger partial charge on any atom is 0.338 e. The van der Waals surface area contributed by atoms with Gasteiger partial charge in [-0.25, -0.2) is 27.2 Å². The molecule has 0 atom stereocenters. The van der Waals surface area contributed by atoms with Crippen molar-refractivity contribution in [2.24, 2.45) is 11.8 Å². The van der Waals surface area contributed by atoms with Gasteiger partial charge in [0, 0.05) is 11.6 Å². The Kier molecular flexibility index (Phi) is 15.7. The zero-order valence-electron chi connectivity index (χ0n) is 32.8. The number of halogens is 4. The first-order valence-electron chi connectivity index (χ1n) is 20.6. The second kappa shape index (κ2) is 20.6. The molecule has 0 aliphatic heterocycles. The molecule has 2 saturated carbocycles. The van der Waals surface area contributed by atoms with Gasteiger partial charge in [0.2, 0.25) is 0 Å². The van der Waals surface area contributed by atoms with E-state index in [0.717, 1.165) is 75.3 Å². The minimum atomic E-state index is -1.26. The molecule has 56 heavy (non-hydrogen) atoms. The molecule has 2 fully saturated rings. The van der Waals surface area contributed by atoms with Crippen LogP contribution in [0.15, 0.2) is 72.8 Å². The summed E-state index contributed by atoms with van der Waals surface area (Å²) in [5.74, 6) is -2.88. The maximum atomic E-state index is 15.1. The molecule has 0 spiro atoms. The smallest absolute Gasteiger partial charge is 0.338 e. The second-order valence-electron chi connectivity index (χ2n) is 15.8. The highest BCUT2D eigenvalue weighted by atomic mass is 19.1. The molecule has 300 valence electrons. The minimum Gasteiger partial charge on any atom is -0.478 e. The van der Waals surface area contributed by atoms with Crippen molar-refractivity contribution in [1.29, 1.82) is 0 Å². The van der Waals surface area contributed by atoms with Crippen LogP contribution >= 0.6 is 0 Å². The van der Waals surface area contributed by atoms with E-state index in [1.807, 2.05) is 0 Å². The fourth-order valence-corrected chi connectivity index (χ4v) is 8.86. The monoisotopic (exact) mass is 772 g/mol. The van der Waals surface area contributed by atoms with Crippen LogP contribution in [0.4, 0.5) is 17.6 Å². The fourth-order valence-electron chi connectivity index (χ4n) is 8.86. The average molecular weight is 773 g/mol. The molecule has 2 N–H and O–H groups in total. The minimum absolute atomic E-state index is 0.00199. The molecule has 0 heterocycles. The van der Waals surface area contributed by atoms with Gasteiger partial charge in [-0.2, -0.15) is 0 Å². The van der Waals surface area contributed by atoms with Crippen molar-refractivity contribution in [3.05, 3.63) is 118 Å². The van der Waals surface area contributed by atoms with Crippen molar-refractivity contribution in [2.45, 2.75) is 128 Å². The standard InChI is InChI=1S/C27H34F2O2.C21H22F2O2/c1-2-3-4-5-6-7-8-19-9-11-20(12-10-19)25-17-21(13-15-24(25)27(30)31)23-16-14-22(28)18-26(23)29;1-2-13-3-5-15(6-4-13)19-17(14-7-9-16(22)10-8-14)11-12-18(20(19)23)21(24)25/h13-20H,2-12H2,1H3,(H,30,31);7-13,15H,2-6H2,1H3,(H,24,25)/t19-,20-;13-,15-. The first-order chi connectivity index (χ1) is 27.0. The van der Waals surface area contributed by atoms with E-state index < -0.39 is 29.4 Å². The van der Waals surface area contributed by atoms with Gasteiger partial charge in [0.1, 0.15) is 23.3 Å². The lowest BCUT2D eigenvalue weighted by molar-refractivity contribution is 0.0682. The number of carbonyl (C=O) groups is 2. The summed E-state index contributed by atoms with van der Waals surface area (Å²) in [5, 5.41) is 19.0. The van der Waals surface area contributed by atoms with E-state index in [1.54, 1.807) is 36.4 Å². The van der Waals surface area contributed by atoms with E-state index >= 15 is 4.39 Å². The van der Waals surface area contributed by atoms with Gasteiger partial charge in [-0.3, -0.25) is 0 Å². The molecule has 0 amide bonds. The summed E-state index contributed by atoms with van der Waals surface area (Å²) in [7, 11) is 0. The highest BCUT2D eigenvalue weighted by Crippen LogP contribution is 2.43. The Bertz CT molecular complexity index is 1910. The molecule has 4 aromatic carbocycles. The van der Waals surface area contributed by atoms with Gasteiger partial charge in [-0.1, -0.05) is 89.5 Å². The van der Waals surface area contributed by atoms with Crippen LogP contribution in [0.3, 0.4) is 0 Å². The topological polar surface area (TPSA) is 74.6 Å². The van der Waals surface area contributed by atoms with Gasteiger partial charge in [-0.05, 0) is 145 Å². The van der Waals surface area contributed by atoms with Crippen LogP contribution in [0.1, 0.15) is 160 Å². The van der Waals surface area contributed by atoms with Crippen LogP contribution in [0.25, 0.3) is 22.3 Å². The lowest BCUT2D eigenvalue weighted by atomic mass is 9.75. The molecule has 2 aliphatic carbocycles. The SMILES string of the molecule is CCCCCCCC[C@H]1CC[C@H](c2cc(-c3ccc(F)cc3F)ccc2C(=O)O)CC1.CC[C@H]1CC[C@H](c2c(-c3ccc(F)cc3)ccc(C(=O)O)c2F)CC1. The molecule has 0 radical (unpaired) electrons. The summed E-state index contributed by atoms with van der Waals surface area (Å²) in [4.78, 5) is 23.2. The summed E-state index contributed by atoms with van der Waals surface area (Å²) >= 11 is 0. The number of carboxylic acids is 2. The highest BCUT2D eigenvalue weighted by molar-refractivity contribution is 5.91. The van der Waals surface area contributed by atoms with Gasteiger partial charge in [0.05, 0.1) is 11.1 Å². The Morgan fingerprint density at radius 2 is 1.12 bits per heavy atom. The third-order valence-electron chi connectivity index (χ3n) is 12.2. The molecule has 0 saturated heterocycles. The number of benzene rings is 4. The fraction of sp³-hybridized carbons (Fsp3) is 0.458. The van der Waals surface area contributed by atoms with Gasteiger partial charge >= 0.3 is 11.9 Å². The summed E-state index contributed by atoms with van der Waals surface area (Å²) in [6.45, 7) is 4.40. The molecular weight excluding hydrogens is 717 g/mol. The highest BCUT2D eigenvalue weighted by Gasteiger charge is 2.29. The molecule has 8 heteroatoms. The Hall–Kier alpha value is -4.46. The molecular formula is C48H56F4O4. The Morgan fingerprint density at radius 1 is 0.571 bits per heavy atom. The van der Waals surface area contributed by atoms with Crippen LogP contribution in [0.5, 0.6) is 0 Å². The maximum absolute atomic E-state index is 15.1. The van der Waals surface area contributed by atoms with E-state index in [-0.39, 0.29) is 23.2 Å². The quantitative estimate of drug-likeness (QED) is 0.0989. The number of hydrogen-bond acceptors (Lipinski definition) is 2. The van der Waals surface area contributed by atoms with Crippen LogP contribution in [-0.4, -0.2) is 22.2 Å². The van der Waals surface area contributed by atoms with Crippen molar-refractivity contribution < 1.29 is 37.4 Å². The summed E-state index contributed by atoms with van der Waals surface area (Å²) in [5.41, 5.74) is 3.55. The predicted octanol–water partition coefficient (Wildman–Crippen LogP) is 14.4. The van der Waals surface area contributed by atoms with Gasteiger partial charge in [-0.15, -0.1) is 0 Å². The largest absolute Gasteiger partial charge is 0.478 e. The molecule has 6 rings (SSSR count). The Balaban J connectivity index is 0.000000219. The number of carboxylic acid groups (broad SMARTS) is 2. The molecule has 4 nitrogen and oxygen atoms in total. The van der Waals surface area contributed by atoms with E-state index in [2.05, 4.69) is 13.8 Å². The Morgan fingerprint density at radius 3 is 1.75 bits per heavy atom. The van der Waals surface area contributed by atoms with Gasteiger partial charge in [0.15, 0.2) is 0 Å². The van der Waals surface area contributed by atoms with E-state index in [1.165, 1.54) is 75.3 Å². The van der Waals surface area contributed by atoms with Crippen molar-refractivity contribution >= 4 is 11.9 Å². The van der Waals surface area contributed by atoms with E-state index in [4.69, 9.17) is 0 Å². The molecule has 0 unspecified atom stereocenters. The van der Waals surface area contributed by atoms with E-state index in [0.29, 0.717) is 39.3 Å². The number of unbranched alkanes of at least 4 members (excludes halogenated alkanes) is 5. The predicted molar refractivity (Wildman–Crippen MR) is 215 cm³/mol. The van der Waals surface area contributed by atoms with Gasteiger partial charge in [0.25, 0.3) is 0 Å². The zero-order chi connectivity index (χ0) is 40.2. The first-order valence-corrected chi connectivity index (χ1v) is 20.6. The summed E-state index contributed by atoms with van der Waals surface area (Å²) in [6.07, 6.45) is 18.2. The third-order valence-corrected chi connectivity index (χ3v) is 12.2. The molecule has 4 aromatic rings. The number of rotatable bonds is 14.